The maximum absolute atomic E-state index is 11.2. The first-order chi connectivity index (χ1) is 7.58. The van der Waals surface area contributed by atoms with Gasteiger partial charge in [0, 0.05) is 12.0 Å². The van der Waals surface area contributed by atoms with Crippen molar-refractivity contribution in [1.82, 2.24) is 0 Å². The Morgan fingerprint density at radius 3 is 2.62 bits per heavy atom. The Balaban J connectivity index is 3.06. The van der Waals surface area contributed by atoms with Crippen LogP contribution < -0.4 is 15.8 Å². The minimum atomic E-state index is -0.547. The van der Waals surface area contributed by atoms with Gasteiger partial charge < -0.3 is 15.8 Å². The van der Waals surface area contributed by atoms with Crippen LogP contribution >= 0.6 is 0 Å². The van der Waals surface area contributed by atoms with Crippen molar-refractivity contribution in [3.8, 4) is 5.75 Å². The van der Waals surface area contributed by atoms with Crippen LogP contribution in [-0.2, 0) is 4.79 Å². The van der Waals surface area contributed by atoms with Gasteiger partial charge >= 0.3 is 0 Å². The molecule has 0 aromatic heterocycles. The third-order valence-corrected chi connectivity index (χ3v) is 2.08. The topological polar surface area (TPSA) is 81.4 Å². The van der Waals surface area contributed by atoms with Crippen LogP contribution in [0.2, 0.25) is 0 Å². The lowest BCUT2D eigenvalue weighted by molar-refractivity contribution is -0.115. The number of benzene rings is 1. The molecule has 1 rings (SSSR count). The van der Waals surface area contributed by atoms with Gasteiger partial charge in [-0.05, 0) is 18.2 Å². The van der Waals surface area contributed by atoms with Crippen molar-refractivity contribution in [2.24, 2.45) is 5.73 Å². The summed E-state index contributed by atoms with van der Waals surface area (Å²) in [6.07, 6.45) is 0.351. The number of primary amides is 1. The zero-order valence-corrected chi connectivity index (χ0v) is 9.24. The second-order valence-corrected chi connectivity index (χ2v) is 3.18. The number of anilines is 1. The van der Waals surface area contributed by atoms with Gasteiger partial charge in [0.2, 0.25) is 11.8 Å². The van der Waals surface area contributed by atoms with Gasteiger partial charge in [0.05, 0.1) is 12.8 Å². The molecule has 2 amide bonds. The van der Waals surface area contributed by atoms with Gasteiger partial charge in [0.15, 0.2) is 0 Å². The second kappa shape index (κ2) is 5.16. The van der Waals surface area contributed by atoms with Gasteiger partial charge in [-0.3, -0.25) is 9.59 Å². The smallest absolute Gasteiger partial charge is 0.248 e. The molecule has 5 heteroatoms. The third kappa shape index (κ3) is 2.73. The Morgan fingerprint density at radius 1 is 1.44 bits per heavy atom. The normalized spacial score (nSPS) is 9.62. The van der Waals surface area contributed by atoms with Gasteiger partial charge in [0.1, 0.15) is 5.75 Å². The summed E-state index contributed by atoms with van der Waals surface area (Å²) < 4.78 is 5.06. The molecule has 0 heterocycles. The van der Waals surface area contributed by atoms with Gasteiger partial charge in [-0.2, -0.15) is 0 Å². The summed E-state index contributed by atoms with van der Waals surface area (Å²) in [6.45, 7) is 1.74. The highest BCUT2D eigenvalue weighted by molar-refractivity contribution is 5.97. The summed E-state index contributed by atoms with van der Waals surface area (Å²) in [7, 11) is 1.49. The third-order valence-electron chi connectivity index (χ3n) is 2.08. The van der Waals surface area contributed by atoms with E-state index in [1.807, 2.05) is 0 Å². The van der Waals surface area contributed by atoms with Crippen molar-refractivity contribution in [3.63, 3.8) is 0 Å². The van der Waals surface area contributed by atoms with E-state index in [1.54, 1.807) is 19.1 Å². The van der Waals surface area contributed by atoms with E-state index in [2.05, 4.69) is 5.32 Å². The van der Waals surface area contributed by atoms with Crippen LogP contribution in [0.5, 0.6) is 5.75 Å². The quantitative estimate of drug-likeness (QED) is 0.801. The van der Waals surface area contributed by atoms with Crippen LogP contribution in [0, 0.1) is 0 Å². The molecule has 1 aromatic carbocycles. The SMILES string of the molecule is CCC(=O)Nc1cc(C(N)=O)ccc1OC. The minimum Gasteiger partial charge on any atom is -0.495 e. The molecule has 16 heavy (non-hydrogen) atoms. The summed E-state index contributed by atoms with van der Waals surface area (Å²) >= 11 is 0. The fourth-order valence-corrected chi connectivity index (χ4v) is 1.20. The molecule has 86 valence electrons. The van der Waals surface area contributed by atoms with Crippen molar-refractivity contribution in [3.05, 3.63) is 23.8 Å². The van der Waals surface area contributed by atoms with Gasteiger partial charge in [-0.1, -0.05) is 6.92 Å². The van der Waals surface area contributed by atoms with E-state index in [0.29, 0.717) is 23.4 Å². The van der Waals surface area contributed by atoms with E-state index in [9.17, 15) is 9.59 Å². The Morgan fingerprint density at radius 2 is 2.12 bits per heavy atom. The van der Waals surface area contributed by atoms with Gasteiger partial charge in [0.25, 0.3) is 0 Å². The van der Waals surface area contributed by atoms with Crippen LogP contribution in [0.15, 0.2) is 18.2 Å². The van der Waals surface area contributed by atoms with Gasteiger partial charge in [-0.15, -0.1) is 0 Å². The number of methoxy groups -OCH3 is 1. The number of nitrogens with two attached hydrogens (primary N) is 1. The van der Waals surface area contributed by atoms with Crippen LogP contribution in [-0.4, -0.2) is 18.9 Å². The highest BCUT2D eigenvalue weighted by Gasteiger charge is 2.09. The Hall–Kier alpha value is -2.04. The summed E-state index contributed by atoms with van der Waals surface area (Å²) in [4.78, 5) is 22.2. The molecule has 0 atom stereocenters. The lowest BCUT2D eigenvalue weighted by atomic mass is 10.1. The molecule has 5 nitrogen and oxygen atoms in total. The number of nitrogens with one attached hydrogen (secondary N) is 1. The maximum atomic E-state index is 11.2. The van der Waals surface area contributed by atoms with Crippen LogP contribution in [0.1, 0.15) is 23.7 Å². The predicted octanol–water partition coefficient (Wildman–Crippen LogP) is 1.14. The first kappa shape index (κ1) is 12.0. The zero-order chi connectivity index (χ0) is 12.1. The first-order valence-corrected chi connectivity index (χ1v) is 4.86. The molecule has 0 unspecified atom stereocenters. The lowest BCUT2D eigenvalue weighted by Gasteiger charge is -2.10. The second-order valence-electron chi connectivity index (χ2n) is 3.18. The number of carbonyl (C=O) groups is 2. The van der Waals surface area contributed by atoms with Crippen molar-refractivity contribution in [2.75, 3.05) is 12.4 Å². The van der Waals surface area contributed by atoms with Crippen LogP contribution in [0.25, 0.3) is 0 Å². The van der Waals surface area contributed by atoms with E-state index >= 15 is 0 Å². The molecule has 0 aliphatic carbocycles. The van der Waals surface area contributed by atoms with E-state index in [1.165, 1.54) is 13.2 Å². The average Bonchev–Trinajstić information content (AvgIpc) is 2.28. The molecule has 0 saturated carbocycles. The number of carbonyl (C=O) groups excluding carboxylic acids is 2. The van der Waals surface area contributed by atoms with E-state index in [4.69, 9.17) is 10.5 Å². The molecule has 0 spiro atoms. The summed E-state index contributed by atoms with van der Waals surface area (Å²) in [5.41, 5.74) is 5.92. The van der Waals surface area contributed by atoms with Crippen LogP contribution in [0.3, 0.4) is 0 Å². The van der Waals surface area contributed by atoms with E-state index in [0.717, 1.165) is 0 Å². The average molecular weight is 222 g/mol. The molecule has 3 N–H and O–H groups in total. The molecule has 1 aromatic rings. The highest BCUT2D eigenvalue weighted by atomic mass is 16.5. The highest BCUT2D eigenvalue weighted by Crippen LogP contribution is 2.25. The number of amides is 2. The number of hydrogen-bond donors (Lipinski definition) is 2. The molecule has 0 saturated heterocycles. The largest absolute Gasteiger partial charge is 0.495 e. The van der Waals surface area contributed by atoms with E-state index < -0.39 is 5.91 Å². The molecular weight excluding hydrogens is 208 g/mol. The van der Waals surface area contributed by atoms with Crippen LogP contribution in [0.4, 0.5) is 5.69 Å². The van der Waals surface area contributed by atoms with Crippen molar-refractivity contribution < 1.29 is 14.3 Å². The standard InChI is InChI=1S/C11H14N2O3/c1-3-10(14)13-8-6-7(11(12)15)4-5-9(8)16-2/h4-6H,3H2,1-2H3,(H2,12,15)(H,13,14). The molecule has 0 aliphatic rings. The predicted molar refractivity (Wildman–Crippen MR) is 60.4 cm³/mol. The fourth-order valence-electron chi connectivity index (χ4n) is 1.20. The summed E-state index contributed by atoms with van der Waals surface area (Å²) in [6, 6.07) is 4.63. The van der Waals surface area contributed by atoms with Crippen molar-refractivity contribution >= 4 is 17.5 Å². The molecule has 0 aliphatic heterocycles. The summed E-state index contributed by atoms with van der Waals surface area (Å²) in [5, 5.41) is 2.63. The summed E-state index contributed by atoms with van der Waals surface area (Å²) in [5.74, 6) is -0.207. The Labute approximate surface area is 93.6 Å². The lowest BCUT2D eigenvalue weighted by Crippen LogP contribution is -2.14. The Bertz CT molecular complexity index is 416. The molecular formula is C11H14N2O3. The van der Waals surface area contributed by atoms with Crippen molar-refractivity contribution in [1.29, 1.82) is 0 Å². The zero-order valence-electron chi connectivity index (χ0n) is 9.24. The van der Waals surface area contributed by atoms with E-state index in [-0.39, 0.29) is 5.91 Å². The number of rotatable bonds is 4. The molecule has 0 fully saturated rings. The number of hydrogen-bond acceptors (Lipinski definition) is 3. The monoisotopic (exact) mass is 222 g/mol. The maximum Gasteiger partial charge on any atom is 0.248 e. The number of ether oxygens (including phenoxy) is 1. The molecule has 0 radical (unpaired) electrons. The fraction of sp³-hybridized carbons (Fsp3) is 0.273. The minimum absolute atomic E-state index is 0.153. The van der Waals surface area contributed by atoms with Gasteiger partial charge in [-0.25, -0.2) is 0 Å². The Kier molecular flexibility index (Phi) is 3.88. The molecule has 0 bridgehead atoms. The van der Waals surface area contributed by atoms with Crippen molar-refractivity contribution in [2.45, 2.75) is 13.3 Å². The first-order valence-electron chi connectivity index (χ1n) is 4.86.